The standard InChI is InChI=1S/C12H16ClFN2O/c1-3-12(2,11(15)17)16-7-8-4-5-9(13)10(14)6-8/h4-6,16H,3,7H2,1-2H3,(H2,15,17)/t12-/m0/s1. The number of hydrogen-bond acceptors (Lipinski definition) is 2. The van der Waals surface area contributed by atoms with E-state index >= 15 is 0 Å². The Morgan fingerprint density at radius 2 is 2.24 bits per heavy atom. The molecule has 0 aliphatic heterocycles. The van der Waals surface area contributed by atoms with Crippen molar-refractivity contribution in [2.24, 2.45) is 5.73 Å². The molecule has 17 heavy (non-hydrogen) atoms. The SMILES string of the molecule is CC[C@](C)(NCc1ccc(Cl)c(F)c1)C(N)=O. The van der Waals surface area contributed by atoms with Crippen LogP contribution in [0.4, 0.5) is 4.39 Å². The normalized spacial score (nSPS) is 14.4. The lowest BCUT2D eigenvalue weighted by Gasteiger charge is -2.26. The molecule has 0 aliphatic rings. The first kappa shape index (κ1) is 13.9. The molecular formula is C12H16ClFN2O. The van der Waals surface area contributed by atoms with Gasteiger partial charge in [-0.15, -0.1) is 0 Å². The first-order valence-corrected chi connectivity index (χ1v) is 5.75. The molecule has 0 spiro atoms. The molecular weight excluding hydrogens is 243 g/mol. The van der Waals surface area contributed by atoms with E-state index in [0.717, 1.165) is 0 Å². The summed E-state index contributed by atoms with van der Waals surface area (Å²) in [5.74, 6) is -0.891. The highest BCUT2D eigenvalue weighted by Gasteiger charge is 2.27. The third-order valence-corrected chi connectivity index (χ3v) is 3.22. The van der Waals surface area contributed by atoms with Crippen molar-refractivity contribution in [1.82, 2.24) is 5.32 Å². The van der Waals surface area contributed by atoms with Crippen molar-refractivity contribution < 1.29 is 9.18 Å². The van der Waals surface area contributed by atoms with Crippen LogP contribution in [-0.4, -0.2) is 11.4 Å². The summed E-state index contributed by atoms with van der Waals surface area (Å²) in [6.07, 6.45) is 0.568. The average molecular weight is 259 g/mol. The molecule has 3 N–H and O–H groups in total. The van der Waals surface area contributed by atoms with Crippen LogP contribution in [0.1, 0.15) is 25.8 Å². The van der Waals surface area contributed by atoms with Gasteiger partial charge in [0.15, 0.2) is 0 Å². The van der Waals surface area contributed by atoms with Crippen LogP contribution in [0.15, 0.2) is 18.2 Å². The molecule has 5 heteroatoms. The van der Waals surface area contributed by atoms with Crippen LogP contribution in [0, 0.1) is 5.82 Å². The summed E-state index contributed by atoms with van der Waals surface area (Å²) >= 11 is 5.58. The fraction of sp³-hybridized carbons (Fsp3) is 0.417. The van der Waals surface area contributed by atoms with E-state index in [1.54, 1.807) is 13.0 Å². The zero-order valence-corrected chi connectivity index (χ0v) is 10.6. The smallest absolute Gasteiger partial charge is 0.237 e. The molecule has 1 rings (SSSR count). The molecule has 0 heterocycles. The summed E-state index contributed by atoms with van der Waals surface area (Å²) in [6.45, 7) is 3.95. The minimum atomic E-state index is -0.782. The first-order valence-electron chi connectivity index (χ1n) is 5.38. The summed E-state index contributed by atoms with van der Waals surface area (Å²) in [5, 5.41) is 3.11. The Hall–Kier alpha value is -1.13. The quantitative estimate of drug-likeness (QED) is 0.851. The van der Waals surface area contributed by atoms with Gasteiger partial charge in [-0.05, 0) is 31.0 Å². The van der Waals surface area contributed by atoms with Crippen molar-refractivity contribution in [3.8, 4) is 0 Å². The molecule has 0 fully saturated rings. The van der Waals surface area contributed by atoms with E-state index in [1.165, 1.54) is 12.1 Å². The number of carbonyl (C=O) groups is 1. The molecule has 0 saturated heterocycles. The third kappa shape index (κ3) is 3.41. The Labute approximate surface area is 105 Å². The van der Waals surface area contributed by atoms with Gasteiger partial charge in [0.2, 0.25) is 5.91 Å². The molecule has 0 radical (unpaired) electrons. The Bertz CT molecular complexity index is 425. The van der Waals surface area contributed by atoms with Crippen molar-refractivity contribution in [3.63, 3.8) is 0 Å². The zero-order valence-electron chi connectivity index (χ0n) is 9.89. The number of nitrogens with one attached hydrogen (secondary N) is 1. The van der Waals surface area contributed by atoms with E-state index in [0.29, 0.717) is 18.5 Å². The minimum Gasteiger partial charge on any atom is -0.368 e. The highest BCUT2D eigenvalue weighted by Crippen LogP contribution is 2.16. The zero-order chi connectivity index (χ0) is 13.1. The maximum Gasteiger partial charge on any atom is 0.237 e. The lowest BCUT2D eigenvalue weighted by atomic mass is 9.97. The second-order valence-corrected chi connectivity index (χ2v) is 4.56. The Kier molecular flexibility index (Phi) is 4.48. The van der Waals surface area contributed by atoms with Crippen molar-refractivity contribution in [1.29, 1.82) is 0 Å². The lowest BCUT2D eigenvalue weighted by Crippen LogP contribution is -2.52. The molecule has 0 aliphatic carbocycles. The number of amides is 1. The van der Waals surface area contributed by atoms with Crippen molar-refractivity contribution in [3.05, 3.63) is 34.6 Å². The van der Waals surface area contributed by atoms with Crippen LogP contribution in [0.3, 0.4) is 0 Å². The van der Waals surface area contributed by atoms with Gasteiger partial charge in [0, 0.05) is 6.54 Å². The molecule has 0 aromatic heterocycles. The third-order valence-electron chi connectivity index (χ3n) is 2.92. The molecule has 1 amide bonds. The van der Waals surface area contributed by atoms with Crippen molar-refractivity contribution in [2.45, 2.75) is 32.4 Å². The summed E-state index contributed by atoms with van der Waals surface area (Å²) in [4.78, 5) is 11.3. The molecule has 1 aromatic rings. The van der Waals surface area contributed by atoms with Crippen LogP contribution < -0.4 is 11.1 Å². The van der Waals surface area contributed by atoms with Gasteiger partial charge in [0.05, 0.1) is 10.6 Å². The summed E-state index contributed by atoms with van der Waals surface area (Å²) in [7, 11) is 0. The Balaban J connectivity index is 2.73. The molecule has 0 saturated carbocycles. The summed E-state index contributed by atoms with van der Waals surface area (Å²) in [6, 6.07) is 4.53. The van der Waals surface area contributed by atoms with E-state index in [4.69, 9.17) is 17.3 Å². The second kappa shape index (κ2) is 5.47. The number of primary amides is 1. The van der Waals surface area contributed by atoms with E-state index in [-0.39, 0.29) is 5.02 Å². The highest BCUT2D eigenvalue weighted by molar-refractivity contribution is 6.30. The molecule has 0 bridgehead atoms. The number of hydrogen-bond donors (Lipinski definition) is 2. The lowest BCUT2D eigenvalue weighted by molar-refractivity contribution is -0.124. The van der Waals surface area contributed by atoms with Crippen LogP contribution in [0.5, 0.6) is 0 Å². The van der Waals surface area contributed by atoms with Crippen molar-refractivity contribution >= 4 is 17.5 Å². The Morgan fingerprint density at radius 3 is 2.71 bits per heavy atom. The fourth-order valence-corrected chi connectivity index (χ4v) is 1.45. The van der Waals surface area contributed by atoms with Crippen LogP contribution in [0.2, 0.25) is 5.02 Å². The van der Waals surface area contributed by atoms with Gasteiger partial charge in [-0.25, -0.2) is 4.39 Å². The Morgan fingerprint density at radius 1 is 1.59 bits per heavy atom. The predicted octanol–water partition coefficient (Wildman–Crippen LogP) is 2.22. The van der Waals surface area contributed by atoms with Gasteiger partial charge in [-0.3, -0.25) is 10.1 Å². The first-order chi connectivity index (χ1) is 7.89. The van der Waals surface area contributed by atoms with Gasteiger partial charge in [0.1, 0.15) is 5.82 Å². The van der Waals surface area contributed by atoms with E-state index in [1.807, 2.05) is 6.92 Å². The summed E-state index contributed by atoms with van der Waals surface area (Å²) in [5.41, 5.74) is 5.24. The summed E-state index contributed by atoms with van der Waals surface area (Å²) < 4.78 is 13.2. The maximum atomic E-state index is 13.2. The number of carbonyl (C=O) groups excluding carboxylic acids is 1. The fourth-order valence-electron chi connectivity index (χ4n) is 1.33. The number of benzene rings is 1. The molecule has 1 aromatic carbocycles. The molecule has 0 unspecified atom stereocenters. The molecule has 94 valence electrons. The maximum absolute atomic E-state index is 13.2. The number of rotatable bonds is 5. The molecule has 1 atom stereocenters. The predicted molar refractivity (Wildman–Crippen MR) is 66.1 cm³/mol. The van der Waals surface area contributed by atoms with Gasteiger partial charge in [-0.2, -0.15) is 0 Å². The monoisotopic (exact) mass is 258 g/mol. The molecule has 3 nitrogen and oxygen atoms in total. The number of nitrogens with two attached hydrogens (primary N) is 1. The van der Waals surface area contributed by atoms with Gasteiger partial charge >= 0.3 is 0 Å². The van der Waals surface area contributed by atoms with Crippen LogP contribution in [0.25, 0.3) is 0 Å². The van der Waals surface area contributed by atoms with E-state index < -0.39 is 17.3 Å². The second-order valence-electron chi connectivity index (χ2n) is 4.15. The van der Waals surface area contributed by atoms with E-state index in [2.05, 4.69) is 5.32 Å². The van der Waals surface area contributed by atoms with Crippen LogP contribution in [-0.2, 0) is 11.3 Å². The average Bonchev–Trinajstić information content (AvgIpc) is 2.30. The van der Waals surface area contributed by atoms with Gasteiger partial charge < -0.3 is 5.73 Å². The van der Waals surface area contributed by atoms with E-state index in [9.17, 15) is 9.18 Å². The largest absolute Gasteiger partial charge is 0.368 e. The van der Waals surface area contributed by atoms with Crippen molar-refractivity contribution in [2.75, 3.05) is 0 Å². The van der Waals surface area contributed by atoms with Gasteiger partial charge in [-0.1, -0.05) is 24.6 Å². The topological polar surface area (TPSA) is 55.1 Å². The highest BCUT2D eigenvalue weighted by atomic mass is 35.5. The van der Waals surface area contributed by atoms with Gasteiger partial charge in [0.25, 0.3) is 0 Å². The minimum absolute atomic E-state index is 0.0851. The number of halogens is 2. The van der Waals surface area contributed by atoms with Crippen LogP contribution >= 0.6 is 11.6 Å².